The Morgan fingerprint density at radius 1 is 1.73 bits per heavy atom. The molecule has 6 heteroatoms. The van der Waals surface area contributed by atoms with Crippen molar-refractivity contribution in [2.45, 2.75) is 13.8 Å². The zero-order valence-corrected chi connectivity index (χ0v) is 9.31. The van der Waals surface area contributed by atoms with Crippen molar-refractivity contribution in [2.75, 3.05) is 0 Å². The lowest BCUT2D eigenvalue weighted by Crippen LogP contribution is -2.24. The third-order valence-corrected chi connectivity index (χ3v) is 1.88. The molecular formula is C9H12N4OS. The number of carbonyl (C=O) groups excluding carboxylic acids is 1. The molecule has 0 atom stereocenters. The molecule has 0 aliphatic heterocycles. The molecule has 0 saturated carbocycles. The number of nitrogens with one attached hydrogen (secondary N) is 2. The second kappa shape index (κ2) is 4.70. The summed E-state index contributed by atoms with van der Waals surface area (Å²) in [5, 5.41) is 3.87. The van der Waals surface area contributed by atoms with Crippen LogP contribution in [0.5, 0.6) is 0 Å². The number of aromatic amines is 1. The Balaban J connectivity index is 2.79. The highest BCUT2D eigenvalue weighted by molar-refractivity contribution is 7.80. The van der Waals surface area contributed by atoms with Crippen LogP contribution in [-0.2, 0) is 0 Å². The minimum Gasteiger partial charge on any atom is -0.375 e. The molecule has 0 radical (unpaired) electrons. The second-order valence-electron chi connectivity index (χ2n) is 3.05. The number of rotatable bonds is 3. The van der Waals surface area contributed by atoms with Gasteiger partial charge in [-0.25, -0.2) is 0 Å². The first-order valence-corrected chi connectivity index (χ1v) is 4.70. The van der Waals surface area contributed by atoms with E-state index in [0.29, 0.717) is 5.56 Å². The normalized spacial score (nSPS) is 10.5. The predicted octanol–water partition coefficient (Wildman–Crippen LogP) is 0.693. The van der Waals surface area contributed by atoms with Gasteiger partial charge < -0.3 is 10.7 Å². The number of nitrogens with zero attached hydrogens (tertiary/aromatic N) is 1. The van der Waals surface area contributed by atoms with E-state index in [-0.39, 0.29) is 10.9 Å². The Morgan fingerprint density at radius 2 is 2.40 bits per heavy atom. The van der Waals surface area contributed by atoms with E-state index in [0.717, 1.165) is 11.4 Å². The van der Waals surface area contributed by atoms with Crippen LogP contribution < -0.4 is 11.2 Å². The molecule has 15 heavy (non-hydrogen) atoms. The molecule has 0 saturated heterocycles. The van der Waals surface area contributed by atoms with Crippen molar-refractivity contribution in [1.29, 1.82) is 0 Å². The fourth-order valence-corrected chi connectivity index (χ4v) is 1.24. The smallest absolute Gasteiger partial charge is 0.184 e. The van der Waals surface area contributed by atoms with Gasteiger partial charge in [0.15, 0.2) is 10.9 Å². The minimum absolute atomic E-state index is 0.0192. The molecule has 1 aromatic heterocycles. The Bertz CT molecular complexity index is 422. The molecule has 0 bridgehead atoms. The molecule has 0 fully saturated rings. The SMILES string of the molecule is CC(=O)c1cc(/C=N/NC(N)=S)[nH]c1C. The van der Waals surface area contributed by atoms with Crippen molar-refractivity contribution in [1.82, 2.24) is 10.4 Å². The van der Waals surface area contributed by atoms with Crippen LogP contribution in [0.15, 0.2) is 11.2 Å². The van der Waals surface area contributed by atoms with Gasteiger partial charge in [-0.1, -0.05) is 0 Å². The summed E-state index contributed by atoms with van der Waals surface area (Å²) < 4.78 is 0. The lowest BCUT2D eigenvalue weighted by Gasteiger charge is -1.91. The van der Waals surface area contributed by atoms with Crippen molar-refractivity contribution < 1.29 is 4.79 Å². The standard InChI is InChI=1S/C9H12N4OS/c1-5-8(6(2)14)3-7(12-5)4-11-13-9(10)15/h3-4,12H,1-2H3,(H3,10,13,15)/b11-4+. The molecule has 0 aliphatic carbocycles. The third-order valence-electron chi connectivity index (χ3n) is 1.79. The van der Waals surface area contributed by atoms with E-state index in [1.807, 2.05) is 6.92 Å². The van der Waals surface area contributed by atoms with E-state index in [4.69, 9.17) is 5.73 Å². The summed E-state index contributed by atoms with van der Waals surface area (Å²) in [5.74, 6) is 0.0192. The van der Waals surface area contributed by atoms with Crippen LogP contribution in [0.3, 0.4) is 0 Å². The Labute approximate surface area is 92.7 Å². The Hall–Kier alpha value is -1.69. The van der Waals surface area contributed by atoms with Crippen LogP contribution in [0.25, 0.3) is 0 Å². The maximum Gasteiger partial charge on any atom is 0.184 e. The molecule has 0 aromatic carbocycles. The highest BCUT2D eigenvalue weighted by atomic mass is 32.1. The molecule has 4 N–H and O–H groups in total. The van der Waals surface area contributed by atoms with E-state index >= 15 is 0 Å². The van der Waals surface area contributed by atoms with Gasteiger partial charge in [0.1, 0.15) is 0 Å². The number of carbonyl (C=O) groups is 1. The molecule has 1 aromatic rings. The van der Waals surface area contributed by atoms with Gasteiger partial charge in [0.2, 0.25) is 0 Å². The van der Waals surface area contributed by atoms with Crippen molar-refractivity contribution in [3.8, 4) is 0 Å². The summed E-state index contributed by atoms with van der Waals surface area (Å²) in [4.78, 5) is 14.1. The number of hydrogen-bond acceptors (Lipinski definition) is 3. The topological polar surface area (TPSA) is 83.3 Å². The number of Topliss-reactive ketones (excluding diaryl/α,β-unsaturated/α-hetero) is 1. The van der Waals surface area contributed by atoms with Gasteiger partial charge >= 0.3 is 0 Å². The summed E-state index contributed by atoms with van der Waals surface area (Å²) in [6.07, 6.45) is 1.51. The largest absolute Gasteiger partial charge is 0.375 e. The summed E-state index contributed by atoms with van der Waals surface area (Å²) in [6.45, 7) is 3.35. The van der Waals surface area contributed by atoms with Crippen LogP contribution in [0, 0.1) is 6.92 Å². The van der Waals surface area contributed by atoms with Crippen molar-refractivity contribution >= 4 is 29.3 Å². The van der Waals surface area contributed by atoms with Gasteiger partial charge in [-0.2, -0.15) is 5.10 Å². The van der Waals surface area contributed by atoms with Crippen LogP contribution in [0.4, 0.5) is 0 Å². The maximum absolute atomic E-state index is 11.1. The molecule has 1 rings (SSSR count). The zero-order valence-electron chi connectivity index (χ0n) is 8.50. The number of H-pyrrole nitrogens is 1. The van der Waals surface area contributed by atoms with Crippen molar-refractivity contribution in [2.24, 2.45) is 10.8 Å². The third kappa shape index (κ3) is 3.17. The van der Waals surface area contributed by atoms with Gasteiger partial charge in [-0.15, -0.1) is 0 Å². The first-order valence-electron chi connectivity index (χ1n) is 4.29. The van der Waals surface area contributed by atoms with E-state index < -0.39 is 0 Å². The average molecular weight is 224 g/mol. The maximum atomic E-state index is 11.1. The van der Waals surface area contributed by atoms with Crippen molar-refractivity contribution in [3.63, 3.8) is 0 Å². The zero-order chi connectivity index (χ0) is 11.4. The molecular weight excluding hydrogens is 212 g/mol. The van der Waals surface area contributed by atoms with Gasteiger partial charge in [-0.3, -0.25) is 10.2 Å². The molecule has 0 spiro atoms. The van der Waals surface area contributed by atoms with Crippen LogP contribution in [-0.4, -0.2) is 22.1 Å². The molecule has 0 aliphatic rings. The summed E-state index contributed by atoms with van der Waals surface area (Å²) in [7, 11) is 0. The summed E-state index contributed by atoms with van der Waals surface area (Å²) in [6, 6.07) is 1.72. The second-order valence-corrected chi connectivity index (χ2v) is 3.49. The number of aryl methyl sites for hydroxylation is 1. The minimum atomic E-state index is 0.0192. The van der Waals surface area contributed by atoms with Gasteiger partial charge in [0.25, 0.3) is 0 Å². The molecule has 0 unspecified atom stereocenters. The van der Waals surface area contributed by atoms with E-state index in [1.54, 1.807) is 6.07 Å². The Kier molecular flexibility index (Phi) is 3.56. The number of thiocarbonyl (C=S) groups is 1. The molecule has 1 heterocycles. The van der Waals surface area contributed by atoms with Crippen LogP contribution >= 0.6 is 12.2 Å². The first kappa shape index (κ1) is 11.4. The van der Waals surface area contributed by atoms with E-state index in [1.165, 1.54) is 13.1 Å². The van der Waals surface area contributed by atoms with Crippen LogP contribution in [0.1, 0.15) is 28.7 Å². The number of nitrogens with two attached hydrogens (primary N) is 1. The molecule has 5 nitrogen and oxygen atoms in total. The monoisotopic (exact) mass is 224 g/mol. The van der Waals surface area contributed by atoms with Gasteiger partial charge in [-0.05, 0) is 32.1 Å². The number of aromatic nitrogens is 1. The number of ketones is 1. The first-order chi connectivity index (χ1) is 7.00. The van der Waals surface area contributed by atoms with Gasteiger partial charge in [0.05, 0.1) is 11.9 Å². The molecule has 80 valence electrons. The number of hydrazone groups is 1. The highest BCUT2D eigenvalue weighted by Crippen LogP contribution is 2.08. The quantitative estimate of drug-likeness (QED) is 0.305. The highest BCUT2D eigenvalue weighted by Gasteiger charge is 2.06. The summed E-state index contributed by atoms with van der Waals surface area (Å²) >= 11 is 4.57. The van der Waals surface area contributed by atoms with E-state index in [2.05, 4.69) is 27.7 Å². The predicted molar refractivity (Wildman–Crippen MR) is 63.0 cm³/mol. The summed E-state index contributed by atoms with van der Waals surface area (Å²) in [5.41, 5.74) is 9.81. The lowest BCUT2D eigenvalue weighted by molar-refractivity contribution is 0.101. The molecule has 0 amide bonds. The van der Waals surface area contributed by atoms with E-state index in [9.17, 15) is 4.79 Å². The lowest BCUT2D eigenvalue weighted by atomic mass is 10.2. The van der Waals surface area contributed by atoms with Crippen LogP contribution in [0.2, 0.25) is 0 Å². The average Bonchev–Trinajstić information content (AvgIpc) is 2.46. The number of hydrogen-bond donors (Lipinski definition) is 3. The fraction of sp³-hybridized carbons (Fsp3) is 0.222. The fourth-order valence-electron chi connectivity index (χ4n) is 1.18. The Morgan fingerprint density at radius 3 is 2.87 bits per heavy atom. The van der Waals surface area contributed by atoms with Crippen molar-refractivity contribution in [3.05, 3.63) is 23.0 Å². The van der Waals surface area contributed by atoms with Gasteiger partial charge in [0, 0.05) is 11.3 Å².